The predicted octanol–water partition coefficient (Wildman–Crippen LogP) is 2.31. The van der Waals surface area contributed by atoms with Crippen molar-refractivity contribution < 1.29 is 9.90 Å². The molecule has 0 spiro atoms. The standard InChI is InChI=1S/C9H14.CH2O2/c1-2-3-7-4-5-8-6-9(7)8;2-1-3/h2,7-9H,1,3-6H2;1H,(H,2,3). The highest BCUT2D eigenvalue weighted by Crippen LogP contribution is 2.56. The van der Waals surface area contributed by atoms with Gasteiger partial charge in [0.1, 0.15) is 0 Å². The molecule has 2 rings (SSSR count). The molecule has 3 unspecified atom stereocenters. The minimum atomic E-state index is -0.250. The van der Waals surface area contributed by atoms with Crippen LogP contribution < -0.4 is 0 Å². The molecule has 2 aliphatic carbocycles. The molecule has 2 heteroatoms. The van der Waals surface area contributed by atoms with Gasteiger partial charge in [-0.3, -0.25) is 4.79 Å². The molecule has 0 bridgehead atoms. The molecule has 0 aromatic heterocycles. The zero-order valence-electron chi connectivity index (χ0n) is 7.28. The maximum atomic E-state index is 8.36. The van der Waals surface area contributed by atoms with Crippen LogP contribution in [0.15, 0.2) is 12.7 Å². The monoisotopic (exact) mass is 168 g/mol. The summed E-state index contributed by atoms with van der Waals surface area (Å²) in [5.41, 5.74) is 0. The van der Waals surface area contributed by atoms with Gasteiger partial charge >= 0.3 is 0 Å². The largest absolute Gasteiger partial charge is 0.483 e. The van der Waals surface area contributed by atoms with Crippen LogP contribution in [-0.2, 0) is 4.79 Å². The third-order valence-electron chi connectivity index (χ3n) is 2.96. The van der Waals surface area contributed by atoms with Gasteiger partial charge < -0.3 is 5.11 Å². The Hall–Kier alpha value is -0.790. The summed E-state index contributed by atoms with van der Waals surface area (Å²) in [7, 11) is 0. The van der Waals surface area contributed by atoms with Crippen LogP contribution in [0.5, 0.6) is 0 Å². The Kier molecular flexibility index (Phi) is 3.32. The number of allylic oxidation sites excluding steroid dienone is 1. The van der Waals surface area contributed by atoms with Gasteiger partial charge in [-0.2, -0.15) is 0 Å². The van der Waals surface area contributed by atoms with E-state index in [1.54, 1.807) is 6.42 Å². The van der Waals surface area contributed by atoms with Gasteiger partial charge in [-0.1, -0.05) is 6.08 Å². The fourth-order valence-corrected chi connectivity index (χ4v) is 2.33. The topological polar surface area (TPSA) is 37.3 Å². The second-order valence-corrected chi connectivity index (χ2v) is 3.63. The number of carbonyl (C=O) groups is 1. The Morgan fingerprint density at radius 2 is 2.17 bits per heavy atom. The smallest absolute Gasteiger partial charge is 0.290 e. The summed E-state index contributed by atoms with van der Waals surface area (Å²) in [5.74, 6) is 3.31. The number of hydrogen-bond donors (Lipinski definition) is 1. The maximum absolute atomic E-state index is 8.36. The van der Waals surface area contributed by atoms with E-state index in [0.29, 0.717) is 0 Å². The second-order valence-electron chi connectivity index (χ2n) is 3.63. The first-order valence-corrected chi connectivity index (χ1v) is 4.52. The fourth-order valence-electron chi connectivity index (χ4n) is 2.33. The highest BCUT2D eigenvalue weighted by molar-refractivity contribution is 5.32. The van der Waals surface area contributed by atoms with Crippen LogP contribution in [0.25, 0.3) is 0 Å². The summed E-state index contributed by atoms with van der Waals surface area (Å²) in [6, 6.07) is 0. The Morgan fingerprint density at radius 1 is 1.50 bits per heavy atom. The van der Waals surface area contributed by atoms with Crippen molar-refractivity contribution in [3.8, 4) is 0 Å². The molecule has 1 N–H and O–H groups in total. The molecule has 0 aliphatic heterocycles. The van der Waals surface area contributed by atoms with E-state index >= 15 is 0 Å². The third kappa shape index (κ3) is 2.10. The van der Waals surface area contributed by atoms with Crippen molar-refractivity contribution in [2.75, 3.05) is 0 Å². The molecular formula is C10H16O2. The van der Waals surface area contributed by atoms with Gasteiger partial charge in [0, 0.05) is 0 Å². The van der Waals surface area contributed by atoms with E-state index in [-0.39, 0.29) is 6.47 Å². The van der Waals surface area contributed by atoms with E-state index in [9.17, 15) is 0 Å². The van der Waals surface area contributed by atoms with Gasteiger partial charge in [-0.15, -0.1) is 6.58 Å². The lowest BCUT2D eigenvalue weighted by Gasteiger charge is -2.05. The summed E-state index contributed by atoms with van der Waals surface area (Å²) in [4.78, 5) is 8.36. The van der Waals surface area contributed by atoms with Crippen molar-refractivity contribution in [1.29, 1.82) is 0 Å². The Bertz CT molecular complexity index is 165. The van der Waals surface area contributed by atoms with Crippen molar-refractivity contribution >= 4 is 6.47 Å². The number of rotatable bonds is 2. The molecule has 2 fully saturated rings. The molecule has 0 amide bonds. The third-order valence-corrected chi connectivity index (χ3v) is 2.96. The molecule has 3 atom stereocenters. The Morgan fingerprint density at radius 3 is 2.50 bits per heavy atom. The van der Waals surface area contributed by atoms with Crippen molar-refractivity contribution in [2.45, 2.75) is 25.7 Å². The van der Waals surface area contributed by atoms with Crippen LogP contribution in [0.1, 0.15) is 25.7 Å². The molecule has 12 heavy (non-hydrogen) atoms. The summed E-state index contributed by atoms with van der Waals surface area (Å²) in [6.07, 6.45) is 7.91. The number of hydrogen-bond acceptors (Lipinski definition) is 1. The molecule has 0 radical (unpaired) electrons. The van der Waals surface area contributed by atoms with E-state index in [2.05, 4.69) is 12.7 Å². The average molecular weight is 168 g/mol. The van der Waals surface area contributed by atoms with Crippen molar-refractivity contribution in [2.24, 2.45) is 17.8 Å². The Balaban J connectivity index is 0.000000213. The minimum Gasteiger partial charge on any atom is -0.483 e. The summed E-state index contributed by atoms with van der Waals surface area (Å²) in [5, 5.41) is 6.89. The maximum Gasteiger partial charge on any atom is 0.290 e. The van der Waals surface area contributed by atoms with Crippen LogP contribution in [0.3, 0.4) is 0 Å². The van der Waals surface area contributed by atoms with Gasteiger partial charge in [0.05, 0.1) is 0 Å². The van der Waals surface area contributed by atoms with Crippen LogP contribution in [0.2, 0.25) is 0 Å². The number of carboxylic acid groups (broad SMARTS) is 1. The van der Waals surface area contributed by atoms with E-state index in [0.717, 1.165) is 17.8 Å². The summed E-state index contributed by atoms with van der Waals surface area (Å²) < 4.78 is 0. The van der Waals surface area contributed by atoms with E-state index in [1.165, 1.54) is 19.3 Å². The van der Waals surface area contributed by atoms with E-state index in [4.69, 9.17) is 9.90 Å². The molecular weight excluding hydrogens is 152 g/mol. The van der Waals surface area contributed by atoms with Crippen molar-refractivity contribution in [1.82, 2.24) is 0 Å². The van der Waals surface area contributed by atoms with Gasteiger partial charge in [0.2, 0.25) is 0 Å². The van der Waals surface area contributed by atoms with Crippen LogP contribution in [-0.4, -0.2) is 11.6 Å². The van der Waals surface area contributed by atoms with Crippen molar-refractivity contribution in [3.63, 3.8) is 0 Å². The highest BCUT2D eigenvalue weighted by Gasteiger charge is 2.46. The van der Waals surface area contributed by atoms with Gasteiger partial charge in [-0.25, -0.2) is 0 Å². The zero-order valence-corrected chi connectivity index (χ0v) is 7.28. The molecule has 2 nitrogen and oxygen atoms in total. The quantitative estimate of drug-likeness (QED) is 0.507. The molecule has 0 heterocycles. The summed E-state index contributed by atoms with van der Waals surface area (Å²) >= 11 is 0. The minimum absolute atomic E-state index is 0.250. The molecule has 0 aromatic carbocycles. The van der Waals surface area contributed by atoms with Gasteiger partial charge in [0.25, 0.3) is 6.47 Å². The molecule has 0 aromatic rings. The predicted molar refractivity (Wildman–Crippen MR) is 47.8 cm³/mol. The molecule has 2 saturated carbocycles. The first kappa shape index (κ1) is 9.30. The first-order chi connectivity index (χ1) is 5.83. The summed E-state index contributed by atoms with van der Waals surface area (Å²) in [6.45, 7) is 3.53. The SMILES string of the molecule is C=CCC1CCC2CC12.O=CO. The fraction of sp³-hybridized carbons (Fsp3) is 0.700. The lowest BCUT2D eigenvalue weighted by molar-refractivity contribution is -0.122. The van der Waals surface area contributed by atoms with Crippen LogP contribution >= 0.6 is 0 Å². The van der Waals surface area contributed by atoms with Gasteiger partial charge in [0.15, 0.2) is 0 Å². The molecule has 68 valence electrons. The van der Waals surface area contributed by atoms with Crippen LogP contribution in [0.4, 0.5) is 0 Å². The lowest BCUT2D eigenvalue weighted by atomic mass is 10.00. The molecule has 2 aliphatic rings. The lowest BCUT2D eigenvalue weighted by Crippen LogP contribution is -1.95. The Labute approximate surface area is 73.3 Å². The van der Waals surface area contributed by atoms with Crippen LogP contribution in [0, 0.1) is 17.8 Å². The van der Waals surface area contributed by atoms with Crippen molar-refractivity contribution in [3.05, 3.63) is 12.7 Å². The van der Waals surface area contributed by atoms with E-state index in [1.807, 2.05) is 0 Å². The second kappa shape index (κ2) is 4.29. The van der Waals surface area contributed by atoms with Gasteiger partial charge in [-0.05, 0) is 43.4 Å². The number of fused-ring (bicyclic) bond motifs is 1. The molecule has 0 saturated heterocycles. The van der Waals surface area contributed by atoms with E-state index < -0.39 is 0 Å². The normalized spacial score (nSPS) is 35.8. The zero-order chi connectivity index (χ0) is 8.97. The first-order valence-electron chi connectivity index (χ1n) is 4.52. The average Bonchev–Trinajstić information content (AvgIpc) is 2.72. The highest BCUT2D eigenvalue weighted by atomic mass is 16.3.